The fraction of sp³-hybridized carbons (Fsp3) is 0.235. The molecule has 2 rings (SSSR count). The molecule has 8 heteroatoms. The summed E-state index contributed by atoms with van der Waals surface area (Å²) in [6.07, 6.45) is 0.0839. The molecule has 0 heterocycles. The van der Waals surface area contributed by atoms with Gasteiger partial charge in [-0.3, -0.25) is 0 Å². The first-order chi connectivity index (χ1) is 11.5. The van der Waals surface area contributed by atoms with Crippen LogP contribution in [0.15, 0.2) is 60.7 Å². The maximum Gasteiger partial charge on any atom is 1.00 e. The van der Waals surface area contributed by atoms with Crippen molar-refractivity contribution < 1.29 is 47.3 Å². The summed E-state index contributed by atoms with van der Waals surface area (Å²) in [4.78, 5) is 12.1. The molecule has 128 valence electrons. The molecule has 0 bridgehead atoms. The molecule has 0 atom stereocenters. The van der Waals surface area contributed by atoms with Crippen LogP contribution in [0, 0.1) is 0 Å². The van der Waals surface area contributed by atoms with Crippen molar-refractivity contribution in [3.8, 4) is 0 Å². The van der Waals surface area contributed by atoms with E-state index in [1.807, 2.05) is 60.7 Å². The topological polar surface area (TPSA) is 98.3 Å². The first kappa shape index (κ1) is 21.7. The average molecular weight is 370 g/mol. The van der Waals surface area contributed by atoms with Crippen LogP contribution in [0.2, 0.25) is 0 Å². The molecule has 2 N–H and O–H groups in total. The number of rotatable bonds is 7. The summed E-state index contributed by atoms with van der Waals surface area (Å²) in [5.74, 6) is -0.492. The van der Waals surface area contributed by atoms with E-state index in [1.54, 1.807) is 0 Å². The van der Waals surface area contributed by atoms with E-state index < -0.39 is 21.9 Å². The number of amides is 2. The molecule has 0 aromatic heterocycles. The fourth-order valence-corrected chi connectivity index (χ4v) is 2.78. The van der Waals surface area contributed by atoms with Gasteiger partial charge in [-0.1, -0.05) is 60.7 Å². The van der Waals surface area contributed by atoms with Crippen molar-refractivity contribution in [3.63, 3.8) is 0 Å². The summed E-state index contributed by atoms with van der Waals surface area (Å²) >= 11 is 0. The van der Waals surface area contributed by atoms with E-state index >= 15 is 0 Å². The standard InChI is InChI=1S/C17H20N2O4S.Na/c20-17(18-12-7-13-24(21,22)23)19-16(14-8-3-1-4-9-14)15-10-5-2-6-11-15;/h1-6,8-11,16H,7,12-13H2,(H2,18,19,20)(H,21,22,23);/q;+1/p-1. The third kappa shape index (κ3) is 8.02. The van der Waals surface area contributed by atoms with Gasteiger partial charge in [-0.05, 0) is 17.5 Å². The number of carbonyl (C=O) groups is 1. The summed E-state index contributed by atoms with van der Waals surface area (Å²) < 4.78 is 31.6. The molecular formula is C17H19N2NaO4S. The van der Waals surface area contributed by atoms with E-state index in [0.29, 0.717) is 0 Å². The van der Waals surface area contributed by atoms with Gasteiger partial charge in [0.05, 0.1) is 16.2 Å². The zero-order chi connectivity index (χ0) is 17.4. The van der Waals surface area contributed by atoms with Crippen LogP contribution in [0.4, 0.5) is 4.79 Å². The zero-order valence-electron chi connectivity index (χ0n) is 14.0. The maximum absolute atomic E-state index is 12.1. The molecule has 0 aliphatic heterocycles. The minimum atomic E-state index is -4.25. The summed E-state index contributed by atoms with van der Waals surface area (Å²) in [7, 11) is -4.25. The summed E-state index contributed by atoms with van der Waals surface area (Å²) in [5, 5.41) is 5.44. The quantitative estimate of drug-likeness (QED) is 0.372. The maximum atomic E-state index is 12.1. The number of hydrogen-bond donors (Lipinski definition) is 2. The zero-order valence-corrected chi connectivity index (χ0v) is 16.8. The molecule has 2 aromatic rings. The van der Waals surface area contributed by atoms with Gasteiger partial charge in [-0.15, -0.1) is 0 Å². The van der Waals surface area contributed by atoms with E-state index in [-0.39, 0.29) is 48.6 Å². The molecule has 0 radical (unpaired) electrons. The molecular weight excluding hydrogens is 351 g/mol. The molecule has 0 aliphatic carbocycles. The van der Waals surface area contributed by atoms with Crippen molar-refractivity contribution in [1.29, 1.82) is 0 Å². The van der Waals surface area contributed by atoms with Crippen LogP contribution in [0.5, 0.6) is 0 Å². The molecule has 0 unspecified atom stereocenters. The van der Waals surface area contributed by atoms with Crippen LogP contribution in [-0.4, -0.2) is 31.3 Å². The molecule has 2 amide bonds. The van der Waals surface area contributed by atoms with Crippen LogP contribution in [0.3, 0.4) is 0 Å². The minimum absolute atomic E-state index is 0. The van der Waals surface area contributed by atoms with E-state index in [2.05, 4.69) is 10.6 Å². The van der Waals surface area contributed by atoms with Crippen molar-refractivity contribution in [2.24, 2.45) is 0 Å². The van der Waals surface area contributed by atoms with Gasteiger partial charge in [-0.25, -0.2) is 13.2 Å². The van der Waals surface area contributed by atoms with Crippen molar-refractivity contribution in [2.45, 2.75) is 12.5 Å². The van der Waals surface area contributed by atoms with E-state index in [0.717, 1.165) is 11.1 Å². The number of hydrogen-bond acceptors (Lipinski definition) is 4. The molecule has 0 saturated carbocycles. The summed E-state index contributed by atoms with van der Waals surface area (Å²) in [6, 6.07) is 18.3. The molecule has 0 saturated heterocycles. The van der Waals surface area contributed by atoms with Gasteiger partial charge in [0.2, 0.25) is 0 Å². The Morgan fingerprint density at radius 3 is 1.88 bits per heavy atom. The second kappa shape index (κ2) is 10.6. The Kier molecular flexibility index (Phi) is 9.16. The summed E-state index contributed by atoms with van der Waals surface area (Å²) in [5.41, 5.74) is 1.86. The van der Waals surface area contributed by atoms with Crippen LogP contribution in [-0.2, 0) is 10.1 Å². The predicted molar refractivity (Wildman–Crippen MR) is 90.4 cm³/mol. The number of nitrogens with one attached hydrogen (secondary N) is 2. The van der Waals surface area contributed by atoms with Crippen molar-refractivity contribution in [2.75, 3.05) is 12.3 Å². The smallest absolute Gasteiger partial charge is 0.748 e. The number of benzene rings is 2. The normalized spacial score (nSPS) is 10.8. The second-order valence-electron chi connectivity index (χ2n) is 5.27. The molecule has 25 heavy (non-hydrogen) atoms. The van der Waals surface area contributed by atoms with E-state index in [9.17, 15) is 17.8 Å². The largest absolute Gasteiger partial charge is 1.00 e. The molecule has 0 aliphatic rings. The fourth-order valence-electron chi connectivity index (χ4n) is 2.28. The Labute approximate surface area is 170 Å². The van der Waals surface area contributed by atoms with Crippen LogP contribution in [0.1, 0.15) is 23.6 Å². The van der Waals surface area contributed by atoms with Gasteiger partial charge < -0.3 is 15.2 Å². The SMILES string of the molecule is O=C(NCCCS(=O)(=O)[O-])NC(c1ccccc1)c1ccccc1.[Na+]. The van der Waals surface area contributed by atoms with Gasteiger partial charge in [0.25, 0.3) is 0 Å². The predicted octanol–water partition coefficient (Wildman–Crippen LogP) is -0.985. The first-order valence-corrected chi connectivity index (χ1v) is 9.11. The second-order valence-corrected chi connectivity index (χ2v) is 6.79. The molecule has 0 fully saturated rings. The third-order valence-electron chi connectivity index (χ3n) is 3.40. The summed E-state index contributed by atoms with van der Waals surface area (Å²) in [6.45, 7) is 0.115. The van der Waals surface area contributed by atoms with E-state index in [4.69, 9.17) is 0 Å². The van der Waals surface area contributed by atoms with Crippen molar-refractivity contribution in [3.05, 3.63) is 71.8 Å². The molecule has 0 spiro atoms. The third-order valence-corrected chi connectivity index (χ3v) is 4.19. The van der Waals surface area contributed by atoms with Gasteiger partial charge in [0.1, 0.15) is 0 Å². The van der Waals surface area contributed by atoms with E-state index in [1.165, 1.54) is 0 Å². The van der Waals surface area contributed by atoms with Gasteiger partial charge in [0.15, 0.2) is 0 Å². The van der Waals surface area contributed by atoms with Crippen molar-refractivity contribution in [1.82, 2.24) is 10.6 Å². The number of urea groups is 1. The Morgan fingerprint density at radius 2 is 1.44 bits per heavy atom. The van der Waals surface area contributed by atoms with Crippen molar-refractivity contribution >= 4 is 16.1 Å². The van der Waals surface area contributed by atoms with Gasteiger partial charge >= 0.3 is 35.6 Å². The Morgan fingerprint density at radius 1 is 0.960 bits per heavy atom. The van der Waals surface area contributed by atoms with Crippen LogP contribution in [0.25, 0.3) is 0 Å². The van der Waals surface area contributed by atoms with Crippen LogP contribution < -0.4 is 40.2 Å². The molecule has 6 nitrogen and oxygen atoms in total. The average Bonchev–Trinajstić information content (AvgIpc) is 2.57. The van der Waals surface area contributed by atoms with Gasteiger partial charge in [0, 0.05) is 12.3 Å². The molecule has 2 aromatic carbocycles. The Hall–Kier alpha value is -1.38. The Balaban J connectivity index is 0.00000312. The minimum Gasteiger partial charge on any atom is -0.748 e. The monoisotopic (exact) mass is 370 g/mol. The first-order valence-electron chi connectivity index (χ1n) is 7.53. The number of carbonyl (C=O) groups excluding carboxylic acids is 1. The van der Waals surface area contributed by atoms with Crippen LogP contribution >= 0.6 is 0 Å². The Bertz CT molecular complexity index is 715. The van der Waals surface area contributed by atoms with Gasteiger partial charge in [-0.2, -0.15) is 0 Å².